The molecule has 1 atom stereocenters. The van der Waals surface area contributed by atoms with E-state index in [4.69, 9.17) is 0 Å². The molecule has 0 spiro atoms. The van der Waals surface area contributed by atoms with Crippen LogP contribution in [-0.2, 0) is 0 Å². The first kappa shape index (κ1) is 28.1. The Hall–Kier alpha value is -1.46. The fourth-order valence-electron chi connectivity index (χ4n) is 5.01. The van der Waals surface area contributed by atoms with Gasteiger partial charge in [0.1, 0.15) is 11.0 Å². The molecule has 4 heterocycles. The predicted octanol–water partition coefficient (Wildman–Crippen LogP) is 9.74. The molecular weight excluding hydrogens is 666 g/mol. The molecule has 5 rings (SSSR count). The summed E-state index contributed by atoms with van der Waals surface area (Å²) < 4.78 is 11.3. The maximum Gasteiger partial charge on any atom is 0.262 e. The van der Waals surface area contributed by atoms with Gasteiger partial charge in [-0.15, -0.1) is 22.7 Å². The number of carbonyl (C=O) groups excluding carboxylic acids is 2. The first-order chi connectivity index (χ1) is 18.1. The summed E-state index contributed by atoms with van der Waals surface area (Å²) in [6, 6.07) is 4.12. The number of rotatable bonds is 9. The van der Waals surface area contributed by atoms with E-state index in [0.29, 0.717) is 40.5 Å². The van der Waals surface area contributed by atoms with E-state index in [1.807, 2.05) is 13.8 Å². The highest BCUT2D eigenvalue weighted by Crippen LogP contribution is 2.49. The van der Waals surface area contributed by atoms with Crippen molar-refractivity contribution in [2.24, 2.45) is 11.8 Å². The molecule has 4 aromatic rings. The van der Waals surface area contributed by atoms with E-state index in [2.05, 4.69) is 73.5 Å². The Kier molecular flexibility index (Phi) is 8.27. The summed E-state index contributed by atoms with van der Waals surface area (Å²) in [6.07, 6.45) is 4.27. The van der Waals surface area contributed by atoms with E-state index in [1.165, 1.54) is 17.7 Å². The van der Waals surface area contributed by atoms with E-state index < -0.39 is 0 Å². The quantitative estimate of drug-likeness (QED) is 0.164. The molecule has 5 nitrogen and oxygen atoms in total. The summed E-state index contributed by atoms with van der Waals surface area (Å²) in [5.41, 5.74) is 5.92. The van der Waals surface area contributed by atoms with Gasteiger partial charge in [-0.3, -0.25) is 14.5 Å². The van der Waals surface area contributed by atoms with E-state index >= 15 is 0 Å². The van der Waals surface area contributed by atoms with Crippen LogP contribution in [0.2, 0.25) is 0 Å². The highest BCUT2D eigenvalue weighted by Gasteiger charge is 2.43. The summed E-state index contributed by atoms with van der Waals surface area (Å²) in [4.78, 5) is 31.5. The number of nitrogens with zero attached hydrogens (tertiary/aromatic N) is 3. The van der Waals surface area contributed by atoms with Gasteiger partial charge in [0.05, 0.1) is 30.4 Å². The van der Waals surface area contributed by atoms with E-state index in [9.17, 15) is 9.59 Å². The van der Waals surface area contributed by atoms with Gasteiger partial charge in [-0.1, -0.05) is 40.0 Å². The second-order valence-electron chi connectivity index (χ2n) is 10.6. The Morgan fingerprint density at radius 3 is 1.71 bits per heavy atom. The van der Waals surface area contributed by atoms with Gasteiger partial charge in [-0.05, 0) is 87.2 Å². The molecule has 3 aromatic heterocycles. The Balaban J connectivity index is 1.63. The molecule has 0 radical (unpaired) electrons. The summed E-state index contributed by atoms with van der Waals surface area (Å²) in [5, 5.41) is 0. The van der Waals surface area contributed by atoms with Crippen LogP contribution in [0.25, 0.3) is 31.9 Å². The Morgan fingerprint density at radius 2 is 1.29 bits per heavy atom. The number of hydrogen-bond donors (Lipinski definition) is 0. The van der Waals surface area contributed by atoms with Crippen molar-refractivity contribution in [3.8, 4) is 20.9 Å². The molecule has 0 saturated carbocycles. The number of imide groups is 1. The maximum atomic E-state index is 14.1. The number of benzene rings is 1. The molecule has 0 saturated heterocycles. The summed E-state index contributed by atoms with van der Waals surface area (Å²) in [5.74, 6) is 0.684. The van der Waals surface area contributed by atoms with Crippen molar-refractivity contribution in [2.45, 2.75) is 60.3 Å². The van der Waals surface area contributed by atoms with E-state index in [-0.39, 0.29) is 11.8 Å². The third kappa shape index (κ3) is 5.07. The van der Waals surface area contributed by atoms with E-state index in [0.717, 1.165) is 64.2 Å². The van der Waals surface area contributed by atoms with Crippen LogP contribution < -0.4 is 0 Å². The largest absolute Gasteiger partial charge is 0.274 e. The molecule has 0 N–H and O–H groups in total. The molecule has 1 unspecified atom stereocenters. The van der Waals surface area contributed by atoms with Crippen LogP contribution in [-0.4, -0.2) is 32.0 Å². The van der Waals surface area contributed by atoms with Gasteiger partial charge in [0.25, 0.3) is 11.8 Å². The van der Waals surface area contributed by atoms with Crippen molar-refractivity contribution in [3.63, 3.8) is 0 Å². The van der Waals surface area contributed by atoms with Crippen LogP contribution in [0.5, 0.6) is 0 Å². The van der Waals surface area contributed by atoms with Crippen LogP contribution in [0.15, 0.2) is 19.7 Å². The number of aromatic nitrogens is 2. The fourth-order valence-corrected chi connectivity index (χ4v) is 8.74. The van der Waals surface area contributed by atoms with Crippen LogP contribution in [0.4, 0.5) is 0 Å². The van der Waals surface area contributed by atoms with Gasteiger partial charge >= 0.3 is 0 Å². The van der Waals surface area contributed by atoms with Gasteiger partial charge in [0.15, 0.2) is 0 Å². The van der Waals surface area contributed by atoms with E-state index in [1.54, 1.807) is 22.7 Å². The maximum absolute atomic E-state index is 14.1. The standard InChI is InChI=1S/C28H29Br2N3O2S3/c1-13(2)7-6-8-14(3)9-10-33-27(34)21-19(17-11-15(4)25(29)36-17)23-24(32-38-31-23)20(22(21)28(33)35)18-12-16(5)26(30)37-18/h11-14H,6-10H2,1-5H3. The zero-order valence-electron chi connectivity index (χ0n) is 22.0. The lowest BCUT2D eigenvalue weighted by Crippen LogP contribution is -2.31. The van der Waals surface area contributed by atoms with Crippen LogP contribution in [0, 0.1) is 25.7 Å². The molecule has 1 aliphatic heterocycles. The van der Waals surface area contributed by atoms with Crippen LogP contribution >= 0.6 is 66.3 Å². The number of fused-ring (bicyclic) bond motifs is 2. The Morgan fingerprint density at radius 1 is 0.789 bits per heavy atom. The second-order valence-corrected chi connectivity index (χ2v) is 15.8. The lowest BCUT2D eigenvalue weighted by atomic mass is 9.93. The lowest BCUT2D eigenvalue weighted by Gasteiger charge is -2.18. The highest BCUT2D eigenvalue weighted by atomic mass is 79.9. The molecule has 200 valence electrons. The first-order valence-corrected chi connectivity index (χ1v) is 16.7. The zero-order chi connectivity index (χ0) is 27.3. The molecule has 1 aromatic carbocycles. The van der Waals surface area contributed by atoms with Gasteiger partial charge in [-0.25, -0.2) is 0 Å². The molecular formula is C28H29Br2N3O2S3. The van der Waals surface area contributed by atoms with Crippen molar-refractivity contribution < 1.29 is 9.59 Å². The predicted molar refractivity (Wildman–Crippen MR) is 167 cm³/mol. The minimum absolute atomic E-state index is 0.222. The minimum atomic E-state index is -0.222. The van der Waals surface area contributed by atoms with Crippen LogP contribution in [0.1, 0.15) is 78.3 Å². The third-order valence-electron chi connectivity index (χ3n) is 7.16. The molecule has 0 bridgehead atoms. The summed E-state index contributed by atoms with van der Waals surface area (Å²) in [6.45, 7) is 11.2. The molecule has 2 amide bonds. The van der Waals surface area contributed by atoms with Crippen LogP contribution in [0.3, 0.4) is 0 Å². The Labute approximate surface area is 252 Å². The van der Waals surface area contributed by atoms with Crippen molar-refractivity contribution in [1.82, 2.24) is 13.6 Å². The highest BCUT2D eigenvalue weighted by molar-refractivity contribution is 9.11. The SMILES string of the molecule is Cc1cc(-c2c3c(c(-c4cc(C)c(Br)s4)c4nsnc24)C(=O)N(CCC(C)CCCC(C)C)C3=O)sc1Br. The average Bonchev–Trinajstić information content (AvgIpc) is 3.60. The van der Waals surface area contributed by atoms with Crippen molar-refractivity contribution in [2.75, 3.05) is 6.54 Å². The molecule has 38 heavy (non-hydrogen) atoms. The zero-order valence-corrected chi connectivity index (χ0v) is 27.6. The Bertz CT molecular complexity index is 1410. The van der Waals surface area contributed by atoms with Crippen molar-refractivity contribution in [3.05, 3.63) is 42.0 Å². The second kappa shape index (κ2) is 11.2. The number of hydrogen-bond acceptors (Lipinski definition) is 7. The monoisotopic (exact) mass is 693 g/mol. The smallest absolute Gasteiger partial charge is 0.262 e. The summed E-state index contributed by atoms with van der Waals surface area (Å²) >= 11 is 11.5. The van der Waals surface area contributed by atoms with Crippen molar-refractivity contribution in [1.29, 1.82) is 0 Å². The number of amides is 2. The third-order valence-corrected chi connectivity index (χ3v) is 12.0. The molecule has 0 aliphatic carbocycles. The van der Waals surface area contributed by atoms with Gasteiger partial charge < -0.3 is 0 Å². The van der Waals surface area contributed by atoms with Gasteiger partial charge in [0.2, 0.25) is 0 Å². The summed E-state index contributed by atoms with van der Waals surface area (Å²) in [7, 11) is 0. The lowest BCUT2D eigenvalue weighted by molar-refractivity contribution is 0.0646. The normalized spacial score (nSPS) is 14.4. The number of aryl methyl sites for hydroxylation is 2. The molecule has 1 aliphatic rings. The number of halogens is 2. The molecule has 0 fully saturated rings. The minimum Gasteiger partial charge on any atom is -0.274 e. The average molecular weight is 696 g/mol. The van der Waals surface area contributed by atoms with Gasteiger partial charge in [0, 0.05) is 27.4 Å². The topological polar surface area (TPSA) is 63.2 Å². The first-order valence-electron chi connectivity index (χ1n) is 12.8. The van der Waals surface area contributed by atoms with Gasteiger partial charge in [-0.2, -0.15) is 8.75 Å². The number of carbonyl (C=O) groups is 2. The molecule has 10 heteroatoms. The number of thiophene rings is 2. The fraction of sp³-hybridized carbons (Fsp3) is 0.429. The van der Waals surface area contributed by atoms with Crippen molar-refractivity contribution >= 4 is 89.1 Å².